The van der Waals surface area contributed by atoms with E-state index in [9.17, 15) is 14.4 Å². The van der Waals surface area contributed by atoms with Crippen molar-refractivity contribution in [2.75, 3.05) is 5.32 Å². The van der Waals surface area contributed by atoms with E-state index >= 15 is 0 Å². The van der Waals surface area contributed by atoms with Crippen molar-refractivity contribution in [3.8, 4) is 5.75 Å². The lowest BCUT2D eigenvalue weighted by atomic mass is 10.2. The summed E-state index contributed by atoms with van der Waals surface area (Å²) in [6.45, 7) is 1.82. The smallest absolute Gasteiger partial charge is 0.343 e. The van der Waals surface area contributed by atoms with Crippen molar-refractivity contribution in [3.05, 3.63) is 94.0 Å². The normalized spacial score (nSPS) is 10.5. The molecule has 0 saturated carbocycles. The molecule has 31 heavy (non-hydrogen) atoms. The number of aryl methyl sites for hydroxylation is 1. The standard InChI is InChI=1S/C23H18BrN3O4/c1-15-4-2-3-5-20(15)26-21(28)22(29)27-25-14-16-6-12-19(13-7-16)31-23(30)17-8-10-18(24)11-9-17/h2-14H,1H3,(H,26,28)(H,27,29)/b25-14-. The molecule has 2 N–H and O–H groups in total. The topological polar surface area (TPSA) is 96.9 Å². The van der Waals surface area contributed by atoms with Gasteiger partial charge in [0, 0.05) is 10.2 Å². The van der Waals surface area contributed by atoms with E-state index < -0.39 is 17.8 Å². The summed E-state index contributed by atoms with van der Waals surface area (Å²) >= 11 is 3.31. The summed E-state index contributed by atoms with van der Waals surface area (Å²) in [7, 11) is 0. The second-order valence-electron chi connectivity index (χ2n) is 6.43. The quantitative estimate of drug-likeness (QED) is 0.189. The van der Waals surface area contributed by atoms with E-state index in [4.69, 9.17) is 4.74 Å². The first kappa shape index (κ1) is 21.9. The first-order valence-corrected chi connectivity index (χ1v) is 9.99. The monoisotopic (exact) mass is 479 g/mol. The van der Waals surface area contributed by atoms with Gasteiger partial charge in [-0.05, 0) is 72.6 Å². The molecule has 156 valence electrons. The number of carbonyl (C=O) groups excluding carboxylic acids is 3. The second-order valence-corrected chi connectivity index (χ2v) is 7.35. The molecule has 0 spiro atoms. The molecule has 0 aromatic heterocycles. The van der Waals surface area contributed by atoms with E-state index in [1.807, 2.05) is 19.1 Å². The molecule has 0 fully saturated rings. The van der Waals surface area contributed by atoms with Crippen LogP contribution in [0, 0.1) is 6.92 Å². The van der Waals surface area contributed by atoms with Crippen molar-refractivity contribution in [2.24, 2.45) is 5.10 Å². The highest BCUT2D eigenvalue weighted by molar-refractivity contribution is 9.10. The molecule has 0 unspecified atom stereocenters. The van der Waals surface area contributed by atoms with Crippen LogP contribution in [0.2, 0.25) is 0 Å². The summed E-state index contributed by atoms with van der Waals surface area (Å²) in [6.07, 6.45) is 1.37. The lowest BCUT2D eigenvalue weighted by molar-refractivity contribution is -0.136. The van der Waals surface area contributed by atoms with E-state index in [0.29, 0.717) is 22.6 Å². The van der Waals surface area contributed by atoms with Gasteiger partial charge in [-0.1, -0.05) is 34.1 Å². The number of amides is 2. The third-order valence-corrected chi connectivity index (χ3v) is 4.68. The van der Waals surface area contributed by atoms with Crippen LogP contribution in [0.25, 0.3) is 0 Å². The fraction of sp³-hybridized carbons (Fsp3) is 0.0435. The van der Waals surface area contributed by atoms with Crippen molar-refractivity contribution >= 4 is 45.6 Å². The number of ether oxygens (including phenoxy) is 1. The van der Waals surface area contributed by atoms with Crippen molar-refractivity contribution in [3.63, 3.8) is 0 Å². The zero-order chi connectivity index (χ0) is 22.2. The highest BCUT2D eigenvalue weighted by Gasteiger charge is 2.13. The summed E-state index contributed by atoms with van der Waals surface area (Å²) in [5.41, 5.74) is 4.64. The third-order valence-electron chi connectivity index (χ3n) is 4.15. The molecule has 0 radical (unpaired) electrons. The average Bonchev–Trinajstić information content (AvgIpc) is 2.77. The van der Waals surface area contributed by atoms with Crippen LogP contribution in [0.3, 0.4) is 0 Å². The minimum Gasteiger partial charge on any atom is -0.423 e. The van der Waals surface area contributed by atoms with E-state index in [1.54, 1.807) is 60.7 Å². The van der Waals surface area contributed by atoms with Gasteiger partial charge in [-0.2, -0.15) is 5.10 Å². The number of rotatable bonds is 5. The molecule has 8 heteroatoms. The molecule has 0 aliphatic rings. The maximum absolute atomic E-state index is 12.1. The minimum atomic E-state index is -0.889. The minimum absolute atomic E-state index is 0.367. The predicted octanol–water partition coefficient (Wildman–Crippen LogP) is 4.07. The Labute approximate surface area is 187 Å². The van der Waals surface area contributed by atoms with Gasteiger partial charge in [0.15, 0.2) is 0 Å². The Morgan fingerprint density at radius 3 is 2.26 bits per heavy atom. The number of halogens is 1. The number of esters is 1. The Bertz CT molecular complexity index is 1130. The fourth-order valence-electron chi connectivity index (χ4n) is 2.48. The Balaban J connectivity index is 1.51. The Kier molecular flexibility index (Phi) is 7.29. The number of hydrogen-bond donors (Lipinski definition) is 2. The number of nitrogens with one attached hydrogen (secondary N) is 2. The van der Waals surface area contributed by atoms with Gasteiger partial charge in [0.1, 0.15) is 5.75 Å². The van der Waals surface area contributed by atoms with Crippen molar-refractivity contribution in [2.45, 2.75) is 6.92 Å². The van der Waals surface area contributed by atoms with Crippen LogP contribution in [0.5, 0.6) is 5.75 Å². The largest absolute Gasteiger partial charge is 0.423 e. The highest BCUT2D eigenvalue weighted by atomic mass is 79.9. The van der Waals surface area contributed by atoms with Gasteiger partial charge in [0.05, 0.1) is 11.8 Å². The molecule has 3 rings (SSSR count). The first-order chi connectivity index (χ1) is 14.9. The van der Waals surface area contributed by atoms with Gasteiger partial charge in [-0.25, -0.2) is 10.2 Å². The van der Waals surface area contributed by atoms with Gasteiger partial charge in [-0.15, -0.1) is 0 Å². The number of nitrogens with zero attached hydrogens (tertiary/aromatic N) is 1. The summed E-state index contributed by atoms with van der Waals surface area (Å²) < 4.78 is 6.18. The van der Waals surface area contributed by atoms with Crippen LogP contribution in [0.1, 0.15) is 21.5 Å². The number of hydrogen-bond acceptors (Lipinski definition) is 5. The van der Waals surface area contributed by atoms with Crippen molar-refractivity contribution < 1.29 is 19.1 Å². The van der Waals surface area contributed by atoms with Crippen LogP contribution in [-0.4, -0.2) is 24.0 Å². The van der Waals surface area contributed by atoms with Gasteiger partial charge in [0.25, 0.3) is 0 Å². The number of carbonyl (C=O) groups is 3. The Morgan fingerprint density at radius 1 is 0.903 bits per heavy atom. The van der Waals surface area contributed by atoms with Crippen LogP contribution in [-0.2, 0) is 9.59 Å². The van der Waals surface area contributed by atoms with Gasteiger partial charge >= 0.3 is 17.8 Å². The first-order valence-electron chi connectivity index (χ1n) is 9.20. The van der Waals surface area contributed by atoms with Crippen LogP contribution in [0.15, 0.2) is 82.4 Å². The molecule has 3 aromatic carbocycles. The predicted molar refractivity (Wildman–Crippen MR) is 121 cm³/mol. The summed E-state index contributed by atoms with van der Waals surface area (Å²) in [5, 5.41) is 6.30. The van der Waals surface area contributed by atoms with E-state index in [2.05, 4.69) is 31.8 Å². The Morgan fingerprint density at radius 2 is 1.58 bits per heavy atom. The van der Waals surface area contributed by atoms with Gasteiger partial charge in [-0.3, -0.25) is 9.59 Å². The van der Waals surface area contributed by atoms with Crippen molar-refractivity contribution in [1.82, 2.24) is 5.43 Å². The fourth-order valence-corrected chi connectivity index (χ4v) is 2.75. The molecule has 2 amide bonds. The van der Waals surface area contributed by atoms with Gasteiger partial charge in [0.2, 0.25) is 0 Å². The Hall–Kier alpha value is -3.78. The van der Waals surface area contributed by atoms with Crippen LogP contribution < -0.4 is 15.5 Å². The maximum Gasteiger partial charge on any atom is 0.343 e. The maximum atomic E-state index is 12.1. The summed E-state index contributed by atoms with van der Waals surface area (Å²) in [5.74, 6) is -1.81. The number of benzene rings is 3. The number of anilines is 1. The number of para-hydroxylation sites is 1. The van der Waals surface area contributed by atoms with Crippen LogP contribution in [0.4, 0.5) is 5.69 Å². The molecule has 3 aromatic rings. The average molecular weight is 480 g/mol. The molecule has 0 aliphatic carbocycles. The zero-order valence-electron chi connectivity index (χ0n) is 16.5. The summed E-state index contributed by atoms with van der Waals surface area (Å²) in [4.78, 5) is 35.9. The van der Waals surface area contributed by atoms with E-state index in [-0.39, 0.29) is 0 Å². The van der Waals surface area contributed by atoms with Crippen LogP contribution >= 0.6 is 15.9 Å². The zero-order valence-corrected chi connectivity index (χ0v) is 18.0. The van der Waals surface area contributed by atoms with E-state index in [1.165, 1.54) is 6.21 Å². The number of hydrazone groups is 1. The molecule has 7 nitrogen and oxygen atoms in total. The van der Waals surface area contributed by atoms with E-state index in [0.717, 1.165) is 10.0 Å². The molecule has 0 atom stereocenters. The second kappa shape index (κ2) is 10.3. The molecular weight excluding hydrogens is 462 g/mol. The summed E-state index contributed by atoms with van der Waals surface area (Å²) in [6, 6.07) is 20.5. The molecule has 0 aliphatic heterocycles. The van der Waals surface area contributed by atoms with Gasteiger partial charge < -0.3 is 10.1 Å². The SMILES string of the molecule is Cc1ccccc1NC(=O)C(=O)N/N=C\c1ccc(OC(=O)c2ccc(Br)cc2)cc1. The highest BCUT2D eigenvalue weighted by Crippen LogP contribution is 2.16. The molecular formula is C23H18BrN3O4. The molecule has 0 heterocycles. The molecule has 0 saturated heterocycles. The lowest BCUT2D eigenvalue weighted by Gasteiger charge is -2.06. The third kappa shape index (κ3) is 6.35. The van der Waals surface area contributed by atoms with Crippen molar-refractivity contribution in [1.29, 1.82) is 0 Å². The molecule has 0 bridgehead atoms. The lowest BCUT2D eigenvalue weighted by Crippen LogP contribution is -2.32.